The molecule has 0 saturated heterocycles. The molecule has 1 aromatic rings. The summed E-state index contributed by atoms with van der Waals surface area (Å²) in [6, 6.07) is 6.65. The van der Waals surface area contributed by atoms with E-state index in [0.717, 1.165) is 0 Å². The smallest absolute Gasteiger partial charge is 0.318 e. The van der Waals surface area contributed by atoms with Gasteiger partial charge in [-0.05, 0) is 23.7 Å². The number of rotatable bonds is 2. The van der Waals surface area contributed by atoms with Crippen molar-refractivity contribution >= 4 is 46.0 Å². The minimum absolute atomic E-state index is 0.306. The Balaban J connectivity index is 0.000000336. The van der Waals surface area contributed by atoms with Crippen molar-refractivity contribution < 1.29 is 14.7 Å². The molecular weight excluding hydrogens is 262 g/mol. The molecule has 1 rings (SSSR count). The maximum Gasteiger partial charge on any atom is 0.318 e. The van der Waals surface area contributed by atoms with Crippen LogP contribution in [0.1, 0.15) is 10.4 Å². The molecule has 3 nitrogen and oxygen atoms in total. The zero-order chi connectivity index (χ0) is 11.8. The summed E-state index contributed by atoms with van der Waals surface area (Å²) >= 11 is 15.5. The lowest BCUT2D eigenvalue weighted by atomic mass is 10.2. The normalized spacial score (nSPS) is 8.73. The summed E-state index contributed by atoms with van der Waals surface area (Å²) in [6.07, 6.45) is 0. The standard InChI is InChI=1S/C7H4Cl2O.C2H3ClO2/c8-6-4-2-1-3-5(6)7(9)10;3-1-2(4)5/h1-4H;1H2,(H,4,5). The van der Waals surface area contributed by atoms with Gasteiger partial charge in [0.25, 0.3) is 5.24 Å². The fourth-order valence-electron chi connectivity index (χ4n) is 0.621. The summed E-state index contributed by atoms with van der Waals surface area (Å²) < 4.78 is 0. The van der Waals surface area contributed by atoms with Crippen molar-refractivity contribution in [3.05, 3.63) is 34.9 Å². The predicted molar refractivity (Wildman–Crippen MR) is 60.0 cm³/mol. The van der Waals surface area contributed by atoms with Crippen molar-refractivity contribution in [3.8, 4) is 0 Å². The second-order valence-electron chi connectivity index (χ2n) is 2.28. The minimum Gasteiger partial charge on any atom is -0.480 e. The number of halogens is 3. The van der Waals surface area contributed by atoms with E-state index >= 15 is 0 Å². The Morgan fingerprint density at radius 3 is 2.00 bits per heavy atom. The van der Waals surface area contributed by atoms with Gasteiger partial charge in [-0.2, -0.15) is 0 Å². The van der Waals surface area contributed by atoms with Crippen LogP contribution in [0, 0.1) is 0 Å². The number of carbonyl (C=O) groups is 2. The number of aliphatic carboxylic acids is 1. The predicted octanol–water partition coefficient (Wildman–Crippen LogP) is 3.03. The molecule has 0 spiro atoms. The van der Waals surface area contributed by atoms with Crippen LogP contribution in [0.2, 0.25) is 5.02 Å². The third-order valence-corrected chi connectivity index (χ3v) is 1.96. The van der Waals surface area contributed by atoms with Gasteiger partial charge in [0, 0.05) is 0 Å². The molecule has 0 radical (unpaired) electrons. The van der Waals surface area contributed by atoms with Crippen LogP contribution in [-0.4, -0.2) is 22.2 Å². The fourth-order valence-corrected chi connectivity index (χ4v) is 1.06. The summed E-state index contributed by atoms with van der Waals surface area (Å²) in [4.78, 5) is 19.8. The second-order valence-corrected chi connectivity index (χ2v) is 3.30. The summed E-state index contributed by atoms with van der Waals surface area (Å²) in [6.45, 7) is 0. The van der Waals surface area contributed by atoms with Crippen molar-refractivity contribution in [3.63, 3.8) is 0 Å². The van der Waals surface area contributed by atoms with Gasteiger partial charge in [0.05, 0.1) is 10.6 Å². The maximum atomic E-state index is 10.5. The van der Waals surface area contributed by atoms with E-state index in [4.69, 9.17) is 39.9 Å². The van der Waals surface area contributed by atoms with Gasteiger partial charge >= 0.3 is 5.97 Å². The average molecular weight is 270 g/mol. The van der Waals surface area contributed by atoms with E-state index in [1.54, 1.807) is 24.3 Å². The third kappa shape index (κ3) is 6.33. The largest absolute Gasteiger partial charge is 0.480 e. The lowest BCUT2D eigenvalue weighted by Gasteiger charge is -1.93. The van der Waals surface area contributed by atoms with Crippen molar-refractivity contribution in [2.75, 3.05) is 5.88 Å². The van der Waals surface area contributed by atoms with Crippen LogP contribution < -0.4 is 0 Å². The molecule has 0 amide bonds. The molecular formula is C9H7Cl3O3. The van der Waals surface area contributed by atoms with Gasteiger partial charge in [-0.15, -0.1) is 11.6 Å². The van der Waals surface area contributed by atoms with E-state index < -0.39 is 11.2 Å². The van der Waals surface area contributed by atoms with Crippen LogP contribution in [0.5, 0.6) is 0 Å². The van der Waals surface area contributed by atoms with Crippen molar-refractivity contribution in [2.45, 2.75) is 0 Å². The van der Waals surface area contributed by atoms with Gasteiger partial charge in [-0.3, -0.25) is 9.59 Å². The van der Waals surface area contributed by atoms with E-state index in [1.807, 2.05) is 0 Å². The molecule has 0 aliphatic carbocycles. The highest BCUT2D eigenvalue weighted by Gasteiger charge is 2.03. The number of hydrogen-bond acceptors (Lipinski definition) is 2. The minimum atomic E-state index is -0.980. The third-order valence-electron chi connectivity index (χ3n) is 1.20. The van der Waals surface area contributed by atoms with E-state index in [-0.39, 0.29) is 5.88 Å². The zero-order valence-corrected chi connectivity index (χ0v) is 9.68. The number of carboxylic acids is 1. The van der Waals surface area contributed by atoms with Gasteiger partial charge in [0.2, 0.25) is 0 Å². The van der Waals surface area contributed by atoms with E-state index in [1.165, 1.54) is 0 Å². The first-order chi connectivity index (χ1) is 6.99. The molecule has 0 saturated carbocycles. The van der Waals surface area contributed by atoms with Crippen molar-refractivity contribution in [1.82, 2.24) is 0 Å². The highest BCUT2D eigenvalue weighted by molar-refractivity contribution is 6.68. The molecule has 15 heavy (non-hydrogen) atoms. The molecule has 6 heteroatoms. The molecule has 1 N–H and O–H groups in total. The van der Waals surface area contributed by atoms with E-state index in [9.17, 15) is 9.59 Å². The maximum absolute atomic E-state index is 10.5. The van der Waals surface area contributed by atoms with Crippen LogP contribution >= 0.6 is 34.8 Å². The van der Waals surface area contributed by atoms with Crippen molar-refractivity contribution in [1.29, 1.82) is 0 Å². The zero-order valence-electron chi connectivity index (χ0n) is 7.41. The second kappa shape index (κ2) is 7.51. The first-order valence-electron chi connectivity index (χ1n) is 3.71. The molecule has 82 valence electrons. The van der Waals surface area contributed by atoms with Crippen molar-refractivity contribution in [2.24, 2.45) is 0 Å². The lowest BCUT2D eigenvalue weighted by molar-refractivity contribution is -0.134. The Bertz CT molecular complexity index is 352. The highest BCUT2D eigenvalue weighted by atomic mass is 35.5. The summed E-state index contributed by atoms with van der Waals surface area (Å²) in [5.41, 5.74) is 0.353. The number of alkyl halides is 1. The van der Waals surface area contributed by atoms with Crippen LogP contribution in [0.3, 0.4) is 0 Å². The molecule has 0 bridgehead atoms. The molecule has 0 unspecified atom stereocenters. The van der Waals surface area contributed by atoms with Gasteiger partial charge in [0.1, 0.15) is 5.88 Å². The Kier molecular flexibility index (Phi) is 7.13. The molecule has 0 heterocycles. The SMILES string of the molecule is O=C(Cl)c1ccccc1Cl.O=C(O)CCl. The van der Waals surface area contributed by atoms with Gasteiger partial charge in [-0.1, -0.05) is 23.7 Å². The molecule has 0 atom stereocenters. The quantitative estimate of drug-likeness (QED) is 0.663. The topological polar surface area (TPSA) is 54.4 Å². The Labute approximate surface area is 102 Å². The molecule has 0 aliphatic rings. The first kappa shape index (κ1) is 14.2. The lowest BCUT2D eigenvalue weighted by Crippen LogP contribution is -1.92. The summed E-state index contributed by atoms with van der Waals surface area (Å²) in [7, 11) is 0. The Hall–Kier alpha value is -0.770. The van der Waals surface area contributed by atoms with Gasteiger partial charge in [-0.25, -0.2) is 0 Å². The summed E-state index contributed by atoms with van der Waals surface area (Å²) in [5.74, 6) is -1.29. The van der Waals surface area contributed by atoms with Gasteiger partial charge in [0.15, 0.2) is 0 Å². The van der Waals surface area contributed by atoms with Crippen LogP contribution in [0.4, 0.5) is 0 Å². The molecule has 0 aromatic heterocycles. The fraction of sp³-hybridized carbons (Fsp3) is 0.111. The highest BCUT2D eigenvalue weighted by Crippen LogP contribution is 2.16. The van der Waals surface area contributed by atoms with Crippen LogP contribution in [0.15, 0.2) is 24.3 Å². The number of carboxylic acid groups (broad SMARTS) is 1. The number of hydrogen-bond donors (Lipinski definition) is 1. The first-order valence-corrected chi connectivity index (χ1v) is 5.00. The van der Waals surface area contributed by atoms with Gasteiger partial charge < -0.3 is 5.11 Å². The summed E-state index contributed by atoms with van der Waals surface area (Å²) in [5, 5.41) is 7.46. The van der Waals surface area contributed by atoms with Crippen LogP contribution in [0.25, 0.3) is 0 Å². The Morgan fingerprint density at radius 1 is 1.27 bits per heavy atom. The molecule has 0 fully saturated rings. The molecule has 1 aromatic carbocycles. The molecule has 0 aliphatic heterocycles. The van der Waals surface area contributed by atoms with Crippen LogP contribution in [-0.2, 0) is 4.79 Å². The monoisotopic (exact) mass is 268 g/mol. The number of benzene rings is 1. The van der Waals surface area contributed by atoms with E-state index in [2.05, 4.69) is 0 Å². The van der Waals surface area contributed by atoms with E-state index in [0.29, 0.717) is 10.6 Å². The average Bonchev–Trinajstić information content (AvgIpc) is 2.19. The number of carbonyl (C=O) groups excluding carboxylic acids is 1. The Morgan fingerprint density at radius 2 is 1.73 bits per heavy atom.